The molecular formula is C13H18ClNO3. The quantitative estimate of drug-likeness (QED) is 0.838. The molecule has 0 aliphatic heterocycles. The molecule has 1 amide bonds. The van der Waals surface area contributed by atoms with E-state index in [0.29, 0.717) is 17.2 Å². The van der Waals surface area contributed by atoms with Crippen molar-refractivity contribution in [3.63, 3.8) is 0 Å². The fourth-order valence-corrected chi connectivity index (χ4v) is 1.40. The van der Waals surface area contributed by atoms with Gasteiger partial charge in [-0.3, -0.25) is 4.79 Å². The summed E-state index contributed by atoms with van der Waals surface area (Å²) in [7, 11) is 3.11. The van der Waals surface area contributed by atoms with E-state index in [2.05, 4.69) is 5.32 Å². The zero-order chi connectivity index (χ0) is 13.8. The Kier molecular flexibility index (Phi) is 4.84. The Morgan fingerprint density at radius 3 is 2.39 bits per heavy atom. The van der Waals surface area contributed by atoms with Crippen LogP contribution in [0.5, 0.6) is 11.5 Å². The first-order valence-electron chi connectivity index (χ1n) is 5.54. The first-order chi connectivity index (χ1) is 8.44. The van der Waals surface area contributed by atoms with E-state index >= 15 is 0 Å². The van der Waals surface area contributed by atoms with Gasteiger partial charge in [-0.1, -0.05) is 0 Å². The third kappa shape index (κ3) is 3.29. The summed E-state index contributed by atoms with van der Waals surface area (Å²) in [6, 6.07) is 5.20. The maximum absolute atomic E-state index is 12.0. The summed E-state index contributed by atoms with van der Waals surface area (Å²) in [6.45, 7) is 3.58. The smallest absolute Gasteiger partial charge is 0.231 e. The highest BCUT2D eigenvalue weighted by molar-refractivity contribution is 6.20. The molecule has 0 atom stereocenters. The van der Waals surface area contributed by atoms with E-state index in [0.717, 1.165) is 0 Å². The second kappa shape index (κ2) is 5.96. The van der Waals surface area contributed by atoms with Crippen molar-refractivity contribution in [2.75, 3.05) is 25.4 Å². The third-order valence-corrected chi connectivity index (χ3v) is 3.26. The largest absolute Gasteiger partial charge is 0.493 e. The summed E-state index contributed by atoms with van der Waals surface area (Å²) in [6.07, 6.45) is 0. The van der Waals surface area contributed by atoms with Crippen molar-refractivity contribution >= 4 is 23.2 Å². The van der Waals surface area contributed by atoms with Crippen molar-refractivity contribution in [1.82, 2.24) is 0 Å². The second-order valence-electron chi connectivity index (χ2n) is 4.54. The maximum atomic E-state index is 12.0. The second-order valence-corrected chi connectivity index (χ2v) is 4.81. The topological polar surface area (TPSA) is 47.6 Å². The fourth-order valence-electron chi connectivity index (χ4n) is 1.27. The predicted octanol–water partition coefficient (Wildman–Crippen LogP) is 2.91. The normalized spacial score (nSPS) is 10.9. The maximum Gasteiger partial charge on any atom is 0.231 e. The van der Waals surface area contributed by atoms with Crippen molar-refractivity contribution < 1.29 is 14.3 Å². The molecule has 0 aromatic heterocycles. The molecule has 1 aromatic carbocycles. The minimum atomic E-state index is -0.616. The number of carbonyl (C=O) groups is 1. The summed E-state index contributed by atoms with van der Waals surface area (Å²) in [5, 5.41) is 2.80. The molecule has 1 rings (SSSR count). The molecule has 0 aliphatic carbocycles. The van der Waals surface area contributed by atoms with Gasteiger partial charge in [0.2, 0.25) is 5.91 Å². The van der Waals surface area contributed by atoms with Gasteiger partial charge in [0.25, 0.3) is 0 Å². The molecule has 0 spiro atoms. The van der Waals surface area contributed by atoms with Crippen LogP contribution in [-0.4, -0.2) is 26.0 Å². The monoisotopic (exact) mass is 271 g/mol. The predicted molar refractivity (Wildman–Crippen MR) is 72.7 cm³/mol. The van der Waals surface area contributed by atoms with Gasteiger partial charge in [0.15, 0.2) is 11.5 Å². The number of benzene rings is 1. The fraction of sp³-hybridized carbons (Fsp3) is 0.462. The lowest BCUT2D eigenvalue weighted by Crippen LogP contribution is -2.32. The van der Waals surface area contributed by atoms with Crippen LogP contribution in [-0.2, 0) is 4.79 Å². The molecule has 0 unspecified atom stereocenters. The molecule has 0 saturated carbocycles. The average molecular weight is 272 g/mol. The van der Waals surface area contributed by atoms with Gasteiger partial charge in [0.1, 0.15) is 0 Å². The van der Waals surface area contributed by atoms with Gasteiger partial charge in [0, 0.05) is 17.6 Å². The van der Waals surface area contributed by atoms with E-state index < -0.39 is 5.41 Å². The number of nitrogens with one attached hydrogen (secondary N) is 1. The molecule has 0 heterocycles. The van der Waals surface area contributed by atoms with E-state index in [1.807, 2.05) is 0 Å². The van der Waals surface area contributed by atoms with Gasteiger partial charge in [-0.2, -0.15) is 0 Å². The van der Waals surface area contributed by atoms with Crippen molar-refractivity contribution in [3.8, 4) is 11.5 Å². The van der Waals surface area contributed by atoms with Crippen LogP contribution in [0.15, 0.2) is 18.2 Å². The molecule has 5 heteroatoms. The third-order valence-electron chi connectivity index (χ3n) is 2.59. The zero-order valence-corrected chi connectivity index (χ0v) is 11.8. The summed E-state index contributed by atoms with van der Waals surface area (Å²) >= 11 is 5.75. The molecule has 0 saturated heterocycles. The number of methoxy groups -OCH3 is 2. The lowest BCUT2D eigenvalue weighted by molar-refractivity contribution is -0.122. The minimum Gasteiger partial charge on any atom is -0.493 e. The lowest BCUT2D eigenvalue weighted by atomic mass is 9.95. The average Bonchev–Trinajstić information content (AvgIpc) is 2.38. The lowest BCUT2D eigenvalue weighted by Gasteiger charge is -2.20. The van der Waals surface area contributed by atoms with Gasteiger partial charge in [0.05, 0.1) is 19.6 Å². The number of ether oxygens (including phenoxy) is 2. The molecular weight excluding hydrogens is 254 g/mol. The number of hydrogen-bond acceptors (Lipinski definition) is 3. The van der Waals surface area contributed by atoms with E-state index in [1.165, 1.54) is 0 Å². The van der Waals surface area contributed by atoms with Crippen LogP contribution in [0.25, 0.3) is 0 Å². The van der Waals surface area contributed by atoms with E-state index in [1.54, 1.807) is 46.3 Å². The van der Waals surface area contributed by atoms with E-state index in [4.69, 9.17) is 21.1 Å². The van der Waals surface area contributed by atoms with Gasteiger partial charge in [-0.05, 0) is 26.0 Å². The number of amides is 1. The van der Waals surface area contributed by atoms with Crippen molar-refractivity contribution in [1.29, 1.82) is 0 Å². The Morgan fingerprint density at radius 1 is 1.28 bits per heavy atom. The minimum absolute atomic E-state index is 0.135. The van der Waals surface area contributed by atoms with Gasteiger partial charge in [-0.15, -0.1) is 11.6 Å². The highest BCUT2D eigenvalue weighted by Crippen LogP contribution is 2.30. The summed E-state index contributed by atoms with van der Waals surface area (Å²) in [5.41, 5.74) is 0.0326. The van der Waals surface area contributed by atoms with Gasteiger partial charge >= 0.3 is 0 Å². The van der Waals surface area contributed by atoms with Crippen molar-refractivity contribution in [2.24, 2.45) is 5.41 Å². The van der Waals surface area contributed by atoms with Crippen molar-refractivity contribution in [2.45, 2.75) is 13.8 Å². The highest BCUT2D eigenvalue weighted by Gasteiger charge is 2.26. The molecule has 4 nitrogen and oxygen atoms in total. The Bertz CT molecular complexity index is 432. The van der Waals surface area contributed by atoms with Crippen LogP contribution in [0.3, 0.4) is 0 Å². The van der Waals surface area contributed by atoms with Gasteiger partial charge < -0.3 is 14.8 Å². The number of halogens is 1. The van der Waals surface area contributed by atoms with E-state index in [-0.39, 0.29) is 11.8 Å². The molecule has 0 radical (unpaired) electrons. The van der Waals surface area contributed by atoms with Crippen LogP contribution >= 0.6 is 11.6 Å². The number of anilines is 1. The SMILES string of the molecule is COc1ccc(NC(=O)C(C)(C)CCl)cc1OC. The van der Waals surface area contributed by atoms with Crippen LogP contribution in [0.2, 0.25) is 0 Å². The molecule has 1 N–H and O–H groups in total. The van der Waals surface area contributed by atoms with Gasteiger partial charge in [-0.25, -0.2) is 0 Å². The number of hydrogen-bond donors (Lipinski definition) is 1. The molecule has 18 heavy (non-hydrogen) atoms. The molecule has 0 bridgehead atoms. The van der Waals surface area contributed by atoms with Crippen LogP contribution in [0, 0.1) is 5.41 Å². The first-order valence-corrected chi connectivity index (χ1v) is 6.07. The molecule has 0 fully saturated rings. The summed E-state index contributed by atoms with van der Waals surface area (Å²) < 4.78 is 10.3. The van der Waals surface area contributed by atoms with Crippen LogP contribution in [0.4, 0.5) is 5.69 Å². The molecule has 0 aliphatic rings. The molecule has 100 valence electrons. The van der Waals surface area contributed by atoms with E-state index in [9.17, 15) is 4.79 Å². The van der Waals surface area contributed by atoms with Crippen LogP contribution in [0.1, 0.15) is 13.8 Å². The Morgan fingerprint density at radius 2 is 1.89 bits per heavy atom. The molecule has 1 aromatic rings. The summed E-state index contributed by atoms with van der Waals surface area (Å²) in [5.74, 6) is 1.31. The number of alkyl halides is 1. The number of carbonyl (C=O) groups excluding carboxylic acids is 1. The standard InChI is InChI=1S/C13H18ClNO3/c1-13(2,8-14)12(16)15-9-5-6-10(17-3)11(7-9)18-4/h5-7H,8H2,1-4H3,(H,15,16). The van der Waals surface area contributed by atoms with Crippen molar-refractivity contribution in [3.05, 3.63) is 18.2 Å². The zero-order valence-electron chi connectivity index (χ0n) is 11.0. The first kappa shape index (κ1) is 14.6. The number of rotatable bonds is 5. The Labute approximate surface area is 112 Å². The Balaban J connectivity index is 2.89. The highest BCUT2D eigenvalue weighted by atomic mass is 35.5. The summed E-state index contributed by atoms with van der Waals surface area (Å²) in [4.78, 5) is 12.0. The Hall–Kier alpha value is -1.42. The van der Waals surface area contributed by atoms with Crippen LogP contribution < -0.4 is 14.8 Å².